The summed E-state index contributed by atoms with van der Waals surface area (Å²) in [6, 6.07) is 7.05. The lowest BCUT2D eigenvalue weighted by atomic mass is 10.0. The van der Waals surface area contributed by atoms with E-state index in [0.29, 0.717) is 24.8 Å². The molecule has 2 aromatic rings. The minimum atomic E-state index is -0.314. The van der Waals surface area contributed by atoms with Gasteiger partial charge in [-0.15, -0.1) is 0 Å². The van der Waals surface area contributed by atoms with Gasteiger partial charge in [0.15, 0.2) is 0 Å². The molecule has 1 aromatic carbocycles. The van der Waals surface area contributed by atoms with Gasteiger partial charge in [0.25, 0.3) is 0 Å². The van der Waals surface area contributed by atoms with Gasteiger partial charge in [0.2, 0.25) is 0 Å². The van der Waals surface area contributed by atoms with Crippen molar-refractivity contribution in [2.75, 3.05) is 19.8 Å². The molecule has 0 saturated carbocycles. The van der Waals surface area contributed by atoms with Gasteiger partial charge in [-0.05, 0) is 48.7 Å². The van der Waals surface area contributed by atoms with Gasteiger partial charge in [0, 0.05) is 24.4 Å². The number of nitrogens with one attached hydrogen (secondary N) is 1. The van der Waals surface area contributed by atoms with E-state index in [1.807, 2.05) is 12.1 Å². The first kappa shape index (κ1) is 14.9. The Kier molecular flexibility index (Phi) is 4.65. The molecule has 1 aromatic heterocycles. The number of pyridine rings is 1. The van der Waals surface area contributed by atoms with Crippen LogP contribution in [0.4, 0.5) is 4.39 Å². The van der Waals surface area contributed by atoms with Gasteiger partial charge < -0.3 is 15.2 Å². The summed E-state index contributed by atoms with van der Waals surface area (Å²) in [5.74, 6) is 0.366. The number of hydrogen-bond donors (Lipinski definition) is 2. The summed E-state index contributed by atoms with van der Waals surface area (Å²) >= 11 is 0. The summed E-state index contributed by atoms with van der Waals surface area (Å²) in [5.41, 5.74) is 2.31. The molecule has 4 nitrogen and oxygen atoms in total. The van der Waals surface area contributed by atoms with E-state index < -0.39 is 0 Å². The van der Waals surface area contributed by atoms with E-state index in [1.165, 1.54) is 12.1 Å². The number of hydrogen-bond acceptors (Lipinski definition) is 4. The molecule has 0 radical (unpaired) electrons. The Hall–Kier alpha value is -1.98. The highest BCUT2D eigenvalue weighted by Gasteiger charge is 2.16. The number of rotatable bonds is 6. The van der Waals surface area contributed by atoms with Crippen molar-refractivity contribution in [1.82, 2.24) is 10.3 Å². The third-order valence-electron chi connectivity index (χ3n) is 3.78. The molecule has 1 atom stereocenters. The molecule has 0 amide bonds. The zero-order valence-electron chi connectivity index (χ0n) is 12.3. The smallest absolute Gasteiger partial charge is 0.138 e. The number of ether oxygens (including phenoxy) is 1. The fraction of sp³-hybridized carbons (Fsp3) is 0.353. The van der Waals surface area contributed by atoms with Gasteiger partial charge in [-0.1, -0.05) is 6.07 Å². The zero-order chi connectivity index (χ0) is 15.4. The highest BCUT2D eigenvalue weighted by Crippen LogP contribution is 2.25. The van der Waals surface area contributed by atoms with Crippen LogP contribution in [-0.2, 0) is 6.42 Å². The predicted molar refractivity (Wildman–Crippen MR) is 82.3 cm³/mol. The molecule has 1 aliphatic rings. The van der Waals surface area contributed by atoms with Crippen molar-refractivity contribution < 1.29 is 14.2 Å². The maximum atomic E-state index is 13.7. The van der Waals surface area contributed by atoms with Crippen molar-refractivity contribution in [2.24, 2.45) is 0 Å². The van der Waals surface area contributed by atoms with Gasteiger partial charge in [-0.3, -0.25) is 4.98 Å². The molecule has 116 valence electrons. The molecular formula is C17H19FN2O2. The molecule has 0 unspecified atom stereocenters. The standard InChI is InChI=1S/C17H19FN2O2/c18-15-6-12(2-4-21)5-13(7-15)14-8-17(10-19-9-14)22-11-16-1-3-20-16/h5-10,16,20-21H,1-4,11H2/t16-/m0/s1. The van der Waals surface area contributed by atoms with Crippen molar-refractivity contribution in [3.63, 3.8) is 0 Å². The molecular weight excluding hydrogens is 283 g/mol. The lowest BCUT2D eigenvalue weighted by Crippen LogP contribution is -2.46. The van der Waals surface area contributed by atoms with Gasteiger partial charge in [0.1, 0.15) is 18.2 Å². The second-order valence-electron chi connectivity index (χ2n) is 5.48. The Morgan fingerprint density at radius 1 is 1.23 bits per heavy atom. The first-order valence-corrected chi connectivity index (χ1v) is 7.46. The van der Waals surface area contributed by atoms with Crippen LogP contribution in [0.3, 0.4) is 0 Å². The quantitative estimate of drug-likeness (QED) is 0.858. The fourth-order valence-electron chi connectivity index (χ4n) is 2.43. The molecule has 0 spiro atoms. The van der Waals surface area contributed by atoms with Crippen LogP contribution >= 0.6 is 0 Å². The Bertz CT molecular complexity index is 644. The summed E-state index contributed by atoms with van der Waals surface area (Å²) in [6.45, 7) is 1.66. The summed E-state index contributed by atoms with van der Waals surface area (Å²) in [5, 5.41) is 12.3. The second kappa shape index (κ2) is 6.85. The molecule has 1 saturated heterocycles. The number of aliphatic hydroxyl groups is 1. The predicted octanol–water partition coefficient (Wildman–Crippen LogP) is 2.16. The fourth-order valence-corrected chi connectivity index (χ4v) is 2.43. The van der Waals surface area contributed by atoms with Gasteiger partial charge in [-0.25, -0.2) is 4.39 Å². The number of benzene rings is 1. The number of halogens is 1. The van der Waals surface area contributed by atoms with Crippen LogP contribution in [0.15, 0.2) is 36.7 Å². The Morgan fingerprint density at radius 2 is 2.09 bits per heavy atom. The molecule has 5 heteroatoms. The van der Waals surface area contributed by atoms with Crippen LogP contribution in [0.5, 0.6) is 5.75 Å². The lowest BCUT2D eigenvalue weighted by Gasteiger charge is -2.27. The molecule has 0 bridgehead atoms. The van der Waals surface area contributed by atoms with Crippen molar-refractivity contribution in [3.8, 4) is 16.9 Å². The molecule has 2 heterocycles. The molecule has 22 heavy (non-hydrogen) atoms. The summed E-state index contributed by atoms with van der Waals surface area (Å²) in [4.78, 5) is 4.17. The third-order valence-corrected chi connectivity index (χ3v) is 3.78. The van der Waals surface area contributed by atoms with Crippen LogP contribution in [0.2, 0.25) is 0 Å². The minimum absolute atomic E-state index is 0.00131. The Balaban J connectivity index is 1.78. The summed E-state index contributed by atoms with van der Waals surface area (Å²) in [7, 11) is 0. The van der Waals surface area contributed by atoms with Crippen LogP contribution < -0.4 is 10.1 Å². The van der Waals surface area contributed by atoms with E-state index in [-0.39, 0.29) is 12.4 Å². The normalized spacial score (nSPS) is 17.1. The van der Waals surface area contributed by atoms with Crippen LogP contribution in [0.1, 0.15) is 12.0 Å². The summed E-state index contributed by atoms with van der Waals surface area (Å²) in [6.07, 6.45) is 4.91. The van der Waals surface area contributed by atoms with E-state index in [1.54, 1.807) is 12.4 Å². The molecule has 2 N–H and O–H groups in total. The van der Waals surface area contributed by atoms with E-state index >= 15 is 0 Å². The van der Waals surface area contributed by atoms with Crippen LogP contribution in [-0.4, -0.2) is 35.9 Å². The molecule has 3 rings (SSSR count). The number of aromatic nitrogens is 1. The van der Waals surface area contributed by atoms with Crippen molar-refractivity contribution in [1.29, 1.82) is 0 Å². The number of aliphatic hydroxyl groups excluding tert-OH is 1. The van der Waals surface area contributed by atoms with Crippen LogP contribution in [0, 0.1) is 5.82 Å². The van der Waals surface area contributed by atoms with Crippen LogP contribution in [0.25, 0.3) is 11.1 Å². The second-order valence-corrected chi connectivity index (χ2v) is 5.48. The Labute approximate surface area is 129 Å². The Morgan fingerprint density at radius 3 is 2.82 bits per heavy atom. The molecule has 0 aliphatic carbocycles. The average Bonchev–Trinajstić information content (AvgIpc) is 2.46. The van der Waals surface area contributed by atoms with E-state index in [0.717, 1.165) is 29.7 Å². The number of nitrogens with zero attached hydrogens (tertiary/aromatic N) is 1. The van der Waals surface area contributed by atoms with E-state index in [2.05, 4.69) is 10.3 Å². The van der Waals surface area contributed by atoms with Crippen molar-refractivity contribution in [2.45, 2.75) is 18.9 Å². The summed E-state index contributed by atoms with van der Waals surface area (Å²) < 4.78 is 19.4. The minimum Gasteiger partial charge on any atom is -0.490 e. The lowest BCUT2D eigenvalue weighted by molar-refractivity contribution is 0.217. The highest BCUT2D eigenvalue weighted by atomic mass is 19.1. The topological polar surface area (TPSA) is 54.4 Å². The maximum absolute atomic E-state index is 13.7. The van der Waals surface area contributed by atoms with Crippen molar-refractivity contribution >= 4 is 0 Å². The van der Waals surface area contributed by atoms with E-state index in [4.69, 9.17) is 9.84 Å². The SMILES string of the molecule is OCCc1cc(F)cc(-c2cncc(OC[C@@H]3CCN3)c2)c1. The first-order chi connectivity index (χ1) is 10.7. The largest absolute Gasteiger partial charge is 0.490 e. The molecule has 1 aliphatic heterocycles. The van der Waals surface area contributed by atoms with Gasteiger partial charge >= 0.3 is 0 Å². The zero-order valence-corrected chi connectivity index (χ0v) is 12.3. The first-order valence-electron chi connectivity index (χ1n) is 7.46. The average molecular weight is 302 g/mol. The van der Waals surface area contributed by atoms with Crippen molar-refractivity contribution in [3.05, 3.63) is 48.0 Å². The third kappa shape index (κ3) is 3.61. The monoisotopic (exact) mass is 302 g/mol. The van der Waals surface area contributed by atoms with E-state index in [9.17, 15) is 4.39 Å². The molecule has 1 fully saturated rings. The van der Waals surface area contributed by atoms with Gasteiger partial charge in [0.05, 0.1) is 6.20 Å². The highest BCUT2D eigenvalue weighted by molar-refractivity contribution is 5.64. The maximum Gasteiger partial charge on any atom is 0.138 e. The van der Waals surface area contributed by atoms with Gasteiger partial charge in [-0.2, -0.15) is 0 Å².